The number of nitrogens with one attached hydrogen (secondary N) is 1. The summed E-state index contributed by atoms with van der Waals surface area (Å²) in [4.78, 5) is 4.38. The van der Waals surface area contributed by atoms with Gasteiger partial charge < -0.3 is 14.8 Å². The minimum absolute atomic E-state index is 0.244. The molecule has 1 aromatic heterocycles. The number of rotatable bonds is 6. The first-order valence-electron chi connectivity index (χ1n) is 6.60. The molecule has 1 unspecified atom stereocenters. The summed E-state index contributed by atoms with van der Waals surface area (Å²) in [7, 11) is 3.30. The zero-order chi connectivity index (χ0) is 14.4. The van der Waals surface area contributed by atoms with E-state index in [1.54, 1.807) is 14.2 Å². The van der Waals surface area contributed by atoms with Crippen molar-refractivity contribution in [2.45, 2.75) is 19.5 Å². The molecule has 0 aliphatic heterocycles. The van der Waals surface area contributed by atoms with Crippen molar-refractivity contribution >= 4 is 0 Å². The molecule has 20 heavy (non-hydrogen) atoms. The molecule has 1 heterocycles. The largest absolute Gasteiger partial charge is 0.497 e. The number of hydrogen-bond donors (Lipinski definition) is 1. The third-order valence-electron chi connectivity index (χ3n) is 3.20. The molecule has 0 fully saturated rings. The van der Waals surface area contributed by atoms with Crippen molar-refractivity contribution < 1.29 is 9.47 Å². The van der Waals surface area contributed by atoms with Crippen LogP contribution in [0.15, 0.2) is 42.5 Å². The first-order valence-corrected chi connectivity index (χ1v) is 6.60. The van der Waals surface area contributed by atoms with Gasteiger partial charge in [0.25, 0.3) is 0 Å². The lowest BCUT2D eigenvalue weighted by Crippen LogP contribution is -2.18. The predicted molar refractivity (Wildman–Crippen MR) is 79.0 cm³/mol. The maximum absolute atomic E-state index is 5.16. The van der Waals surface area contributed by atoms with Crippen molar-refractivity contribution in [3.05, 3.63) is 53.7 Å². The highest BCUT2D eigenvalue weighted by molar-refractivity contribution is 5.28. The quantitative estimate of drug-likeness (QED) is 0.878. The first-order chi connectivity index (χ1) is 9.72. The highest BCUT2D eigenvalue weighted by Gasteiger charge is 2.06. The molecule has 4 nitrogen and oxygen atoms in total. The average Bonchev–Trinajstić information content (AvgIpc) is 2.53. The van der Waals surface area contributed by atoms with Crippen molar-refractivity contribution in [2.75, 3.05) is 14.2 Å². The minimum Gasteiger partial charge on any atom is -0.497 e. The van der Waals surface area contributed by atoms with Crippen molar-refractivity contribution in [1.82, 2.24) is 10.3 Å². The van der Waals surface area contributed by atoms with Gasteiger partial charge in [-0.1, -0.05) is 18.2 Å². The van der Waals surface area contributed by atoms with Crippen LogP contribution in [0.2, 0.25) is 0 Å². The second kappa shape index (κ2) is 6.91. The Morgan fingerprint density at radius 1 is 1.05 bits per heavy atom. The molecule has 1 N–H and O–H groups in total. The molecule has 2 rings (SSSR count). The molecular formula is C16H20N2O2. The highest BCUT2D eigenvalue weighted by Crippen LogP contribution is 2.17. The Morgan fingerprint density at radius 2 is 1.80 bits per heavy atom. The van der Waals surface area contributed by atoms with E-state index in [2.05, 4.69) is 29.4 Å². The molecule has 0 radical (unpaired) electrons. The van der Waals surface area contributed by atoms with Gasteiger partial charge >= 0.3 is 0 Å². The zero-order valence-corrected chi connectivity index (χ0v) is 12.1. The van der Waals surface area contributed by atoms with E-state index < -0.39 is 0 Å². The normalized spacial score (nSPS) is 11.9. The van der Waals surface area contributed by atoms with Crippen molar-refractivity contribution in [2.24, 2.45) is 0 Å². The number of nitrogens with zero attached hydrogens (tertiary/aromatic N) is 1. The van der Waals surface area contributed by atoms with Gasteiger partial charge in [-0.25, -0.2) is 4.98 Å². The first kappa shape index (κ1) is 14.3. The molecule has 1 aromatic carbocycles. The Morgan fingerprint density at radius 3 is 2.45 bits per heavy atom. The van der Waals surface area contributed by atoms with Gasteiger partial charge in [-0.15, -0.1) is 0 Å². The molecule has 4 heteroatoms. The van der Waals surface area contributed by atoms with Crippen LogP contribution in [0.4, 0.5) is 0 Å². The van der Waals surface area contributed by atoms with Crippen LogP contribution < -0.4 is 14.8 Å². The lowest BCUT2D eigenvalue weighted by atomic mass is 10.1. The zero-order valence-electron chi connectivity index (χ0n) is 12.1. The van der Waals surface area contributed by atoms with Crippen LogP contribution in [0.25, 0.3) is 0 Å². The van der Waals surface area contributed by atoms with Gasteiger partial charge in [-0.2, -0.15) is 0 Å². The van der Waals surface area contributed by atoms with Gasteiger partial charge in [0.15, 0.2) is 0 Å². The van der Waals surface area contributed by atoms with Crippen molar-refractivity contribution in [1.29, 1.82) is 0 Å². The van der Waals surface area contributed by atoms with Crippen molar-refractivity contribution in [3.63, 3.8) is 0 Å². The van der Waals surface area contributed by atoms with Crippen LogP contribution in [0, 0.1) is 0 Å². The monoisotopic (exact) mass is 272 g/mol. The maximum Gasteiger partial charge on any atom is 0.213 e. The lowest BCUT2D eigenvalue weighted by molar-refractivity contribution is 0.395. The third kappa shape index (κ3) is 3.71. The number of hydrogen-bond acceptors (Lipinski definition) is 4. The average molecular weight is 272 g/mol. The summed E-state index contributed by atoms with van der Waals surface area (Å²) in [5, 5.41) is 3.45. The van der Waals surface area contributed by atoms with E-state index in [9.17, 15) is 0 Å². The fraction of sp³-hybridized carbons (Fsp3) is 0.312. The Balaban J connectivity index is 1.95. The van der Waals surface area contributed by atoms with Crippen LogP contribution in [0.3, 0.4) is 0 Å². The SMILES string of the molecule is COc1ccc(C(C)NCc2cccc(OC)n2)cc1. The van der Waals surface area contributed by atoms with Crippen LogP contribution in [0.1, 0.15) is 24.2 Å². The number of aromatic nitrogens is 1. The molecule has 0 amide bonds. The Kier molecular flexibility index (Phi) is 4.96. The van der Waals surface area contributed by atoms with Crippen LogP contribution in [-0.4, -0.2) is 19.2 Å². The number of benzene rings is 1. The van der Waals surface area contributed by atoms with E-state index in [1.165, 1.54) is 5.56 Å². The third-order valence-corrected chi connectivity index (χ3v) is 3.20. The second-order valence-electron chi connectivity index (χ2n) is 4.55. The van der Waals surface area contributed by atoms with Gasteiger partial charge in [0, 0.05) is 18.7 Å². The van der Waals surface area contributed by atoms with Gasteiger partial charge in [-0.05, 0) is 30.7 Å². The number of methoxy groups -OCH3 is 2. The van der Waals surface area contributed by atoms with Crippen molar-refractivity contribution in [3.8, 4) is 11.6 Å². The maximum atomic E-state index is 5.16. The van der Waals surface area contributed by atoms with Crippen LogP contribution >= 0.6 is 0 Å². The van der Waals surface area contributed by atoms with E-state index >= 15 is 0 Å². The molecule has 0 saturated carbocycles. The van der Waals surface area contributed by atoms with Crippen LogP contribution in [0.5, 0.6) is 11.6 Å². The lowest BCUT2D eigenvalue weighted by Gasteiger charge is -2.14. The Hall–Kier alpha value is -2.07. The molecular weight excluding hydrogens is 252 g/mol. The summed E-state index contributed by atoms with van der Waals surface area (Å²) < 4.78 is 10.3. The van der Waals surface area contributed by atoms with E-state index in [-0.39, 0.29) is 6.04 Å². The molecule has 1 atom stereocenters. The van der Waals surface area contributed by atoms with Gasteiger partial charge in [0.1, 0.15) is 5.75 Å². The predicted octanol–water partition coefficient (Wildman–Crippen LogP) is 2.95. The summed E-state index contributed by atoms with van der Waals surface area (Å²) in [5.74, 6) is 1.51. The molecule has 0 aliphatic carbocycles. The van der Waals surface area contributed by atoms with E-state index in [0.29, 0.717) is 12.4 Å². The molecule has 0 spiro atoms. The van der Waals surface area contributed by atoms with E-state index in [1.807, 2.05) is 30.3 Å². The number of pyridine rings is 1. The molecule has 106 valence electrons. The Labute approximate surface area is 119 Å². The molecule has 0 bridgehead atoms. The van der Waals surface area contributed by atoms with E-state index in [0.717, 1.165) is 11.4 Å². The summed E-state index contributed by atoms with van der Waals surface area (Å²) in [6.07, 6.45) is 0. The van der Waals surface area contributed by atoms with E-state index in [4.69, 9.17) is 9.47 Å². The van der Waals surface area contributed by atoms with Gasteiger partial charge in [0.2, 0.25) is 5.88 Å². The summed E-state index contributed by atoms with van der Waals surface area (Å²) in [6, 6.07) is 14.1. The Bertz CT molecular complexity index is 540. The summed E-state index contributed by atoms with van der Waals surface area (Å²) in [6.45, 7) is 2.83. The fourth-order valence-electron chi connectivity index (χ4n) is 1.94. The minimum atomic E-state index is 0.244. The van der Waals surface area contributed by atoms with Gasteiger partial charge in [0.05, 0.1) is 19.9 Å². The number of ether oxygens (including phenoxy) is 2. The topological polar surface area (TPSA) is 43.4 Å². The second-order valence-corrected chi connectivity index (χ2v) is 4.55. The molecule has 2 aromatic rings. The summed E-state index contributed by atoms with van der Waals surface area (Å²) in [5.41, 5.74) is 2.18. The summed E-state index contributed by atoms with van der Waals surface area (Å²) >= 11 is 0. The van der Waals surface area contributed by atoms with Gasteiger partial charge in [-0.3, -0.25) is 0 Å². The standard InChI is InChI=1S/C16H20N2O2/c1-12(13-7-9-15(19-2)10-8-13)17-11-14-5-4-6-16(18-14)20-3/h4-10,12,17H,11H2,1-3H3. The molecule has 0 aliphatic rings. The van der Waals surface area contributed by atoms with Crippen LogP contribution in [-0.2, 0) is 6.54 Å². The molecule has 0 saturated heterocycles. The highest BCUT2D eigenvalue weighted by atomic mass is 16.5. The smallest absolute Gasteiger partial charge is 0.213 e. The fourth-order valence-corrected chi connectivity index (χ4v) is 1.94.